The minimum atomic E-state index is -5.39. The van der Waals surface area contributed by atoms with E-state index in [1.807, 2.05) is 36.4 Å². The van der Waals surface area contributed by atoms with Crippen LogP contribution in [-0.2, 0) is 58.7 Å². The first-order chi connectivity index (χ1) is 31.4. The molecule has 0 radical (unpaired) electrons. The van der Waals surface area contributed by atoms with Gasteiger partial charge in [-0.15, -0.1) is 0 Å². The number of rotatable bonds is 11. The van der Waals surface area contributed by atoms with Crippen molar-refractivity contribution >= 4 is 58.4 Å². The van der Waals surface area contributed by atoms with E-state index in [1.165, 1.54) is 50.6 Å². The number of pyridine rings is 2. The lowest BCUT2D eigenvalue weighted by Gasteiger charge is -2.20. The number of benzene rings is 1. The summed E-state index contributed by atoms with van der Waals surface area (Å²) in [5, 5.41) is 0. The molecule has 2 aliphatic rings. The average molecular weight is 1010 g/mol. The molecule has 4 aromatic heterocycles. The molecule has 0 aliphatic carbocycles. The SMILES string of the molecule is C.CC[C@H]1OC(OC(C)=O)C(OC(C)=O)[C@H]1F.CC[C@H]1OC(n2cnc3c(=O)[nH]ccc32)C(OC(C)=O)[C@H]1F.C[Si](C)(C)OS(=O)(=O)C(F)(F)F.c1ccc(COc2nccc3[nH]cnc23)cc1. The largest absolute Gasteiger partial charge is 0.522 e. The van der Waals surface area contributed by atoms with Crippen LogP contribution in [0.25, 0.3) is 22.1 Å². The zero-order valence-corrected chi connectivity index (χ0v) is 39.3. The highest BCUT2D eigenvalue weighted by Gasteiger charge is 2.50. The fourth-order valence-corrected chi connectivity index (χ4v) is 9.38. The molecule has 0 bridgehead atoms. The number of carbonyl (C=O) groups is 3. The van der Waals surface area contributed by atoms with Gasteiger partial charge in [-0.3, -0.25) is 23.7 Å². The molecule has 0 amide bonds. The number of carbonyl (C=O) groups excluding carboxylic acids is 3. The Morgan fingerprint density at radius 3 is 1.96 bits per heavy atom. The van der Waals surface area contributed by atoms with Crippen LogP contribution in [0.15, 0.2) is 72.3 Å². The molecule has 2 N–H and O–H groups in total. The highest BCUT2D eigenvalue weighted by Crippen LogP contribution is 2.37. The van der Waals surface area contributed by atoms with Crippen LogP contribution in [0.2, 0.25) is 19.6 Å². The number of hydrogen-bond acceptors (Lipinski definition) is 16. The summed E-state index contributed by atoms with van der Waals surface area (Å²) in [6.07, 6.45) is -1.46. The van der Waals surface area contributed by atoms with Crippen molar-refractivity contribution in [2.45, 2.75) is 136 Å². The monoisotopic (exact) mass is 1010 g/mol. The van der Waals surface area contributed by atoms with Gasteiger partial charge in [-0.25, -0.2) is 23.7 Å². The predicted molar refractivity (Wildman–Crippen MR) is 237 cm³/mol. The molecule has 1 aromatic carbocycles. The van der Waals surface area contributed by atoms with Crippen LogP contribution < -0.4 is 10.3 Å². The Labute approximate surface area is 389 Å². The van der Waals surface area contributed by atoms with E-state index in [0.29, 0.717) is 30.8 Å². The third-order valence-electron chi connectivity index (χ3n) is 9.14. The number of nitrogens with one attached hydrogen (secondary N) is 2. The van der Waals surface area contributed by atoms with E-state index in [9.17, 15) is 49.5 Å². The summed E-state index contributed by atoms with van der Waals surface area (Å²) in [4.78, 5) is 62.5. The molecule has 6 heterocycles. The van der Waals surface area contributed by atoms with Gasteiger partial charge >= 0.3 is 33.5 Å². The van der Waals surface area contributed by atoms with Crippen LogP contribution >= 0.6 is 0 Å². The number of H-pyrrole nitrogens is 2. The maximum atomic E-state index is 14.4. The number of hydrogen-bond donors (Lipinski definition) is 2. The highest BCUT2D eigenvalue weighted by atomic mass is 32.2. The maximum Gasteiger partial charge on any atom is 0.522 e. The molecule has 2 aliphatic heterocycles. The van der Waals surface area contributed by atoms with Gasteiger partial charge in [0.25, 0.3) is 5.56 Å². The van der Waals surface area contributed by atoms with Gasteiger partial charge in [0, 0.05) is 33.2 Å². The number of alkyl halides is 5. The molecule has 2 saturated heterocycles. The maximum absolute atomic E-state index is 14.4. The molecule has 8 atom stereocenters. The summed E-state index contributed by atoms with van der Waals surface area (Å²) in [6, 6.07) is 13.5. The molecule has 19 nitrogen and oxygen atoms in total. The molecule has 376 valence electrons. The van der Waals surface area contributed by atoms with Crippen molar-refractivity contribution in [3.63, 3.8) is 0 Å². The summed E-state index contributed by atoms with van der Waals surface area (Å²) in [6.45, 7) is 11.7. The molecule has 26 heteroatoms. The van der Waals surface area contributed by atoms with Crippen molar-refractivity contribution in [1.82, 2.24) is 29.5 Å². The first-order valence-corrected chi connectivity index (χ1v) is 25.3. The zero-order valence-electron chi connectivity index (χ0n) is 37.5. The Morgan fingerprint density at radius 2 is 1.40 bits per heavy atom. The normalized spacial score (nSPS) is 22.2. The Balaban J connectivity index is 0.000000245. The van der Waals surface area contributed by atoms with Crippen LogP contribution in [0.5, 0.6) is 5.88 Å². The highest BCUT2D eigenvalue weighted by molar-refractivity contribution is 7.88. The smallest absolute Gasteiger partial charge is 0.471 e. The van der Waals surface area contributed by atoms with Gasteiger partial charge in [-0.1, -0.05) is 51.6 Å². The molecular formula is C42H55F5N6O13SSi. The number of ether oxygens (including phenoxy) is 6. The lowest BCUT2D eigenvalue weighted by Crippen LogP contribution is -2.36. The minimum absolute atomic E-state index is 0. The molecule has 68 heavy (non-hydrogen) atoms. The summed E-state index contributed by atoms with van der Waals surface area (Å²) in [5.74, 6) is -1.26. The molecule has 0 saturated carbocycles. The summed E-state index contributed by atoms with van der Waals surface area (Å²) < 4.78 is 120. The fourth-order valence-electron chi connectivity index (χ4n) is 6.37. The van der Waals surface area contributed by atoms with Gasteiger partial charge in [-0.2, -0.15) is 21.6 Å². The van der Waals surface area contributed by atoms with Crippen LogP contribution in [0, 0.1) is 0 Å². The van der Waals surface area contributed by atoms with E-state index < -0.39 is 91.1 Å². The zero-order chi connectivity index (χ0) is 49.9. The number of halogens is 5. The van der Waals surface area contributed by atoms with E-state index in [2.05, 4.69) is 28.8 Å². The predicted octanol–water partition coefficient (Wildman–Crippen LogP) is 7.12. The van der Waals surface area contributed by atoms with Crippen molar-refractivity contribution < 1.29 is 77.0 Å². The summed E-state index contributed by atoms with van der Waals surface area (Å²) >= 11 is 0. The van der Waals surface area contributed by atoms with Gasteiger partial charge in [0.2, 0.25) is 20.5 Å². The quantitative estimate of drug-likeness (QED) is 0.0440. The third kappa shape index (κ3) is 15.3. The molecule has 7 rings (SSSR count). The molecule has 5 aromatic rings. The molecule has 4 unspecified atom stereocenters. The fraction of sp³-hybridized carbons (Fsp3) is 0.500. The number of fused-ring (bicyclic) bond motifs is 2. The lowest BCUT2D eigenvalue weighted by atomic mass is 10.1. The van der Waals surface area contributed by atoms with Crippen LogP contribution in [0.4, 0.5) is 22.0 Å². The van der Waals surface area contributed by atoms with E-state index in [4.69, 9.17) is 28.4 Å². The van der Waals surface area contributed by atoms with Crippen molar-refractivity contribution in [1.29, 1.82) is 0 Å². The number of imidazole rings is 2. The van der Waals surface area contributed by atoms with E-state index >= 15 is 0 Å². The number of esters is 3. The summed E-state index contributed by atoms with van der Waals surface area (Å²) in [7, 11) is -8.10. The Morgan fingerprint density at radius 1 is 0.809 bits per heavy atom. The summed E-state index contributed by atoms with van der Waals surface area (Å²) in [5.41, 5.74) is -2.12. The van der Waals surface area contributed by atoms with Crippen LogP contribution in [0.3, 0.4) is 0 Å². The van der Waals surface area contributed by atoms with Crippen LogP contribution in [-0.4, -0.2) is 113 Å². The minimum Gasteiger partial charge on any atom is -0.471 e. The second kappa shape index (κ2) is 24.4. The lowest BCUT2D eigenvalue weighted by molar-refractivity contribution is -0.194. The van der Waals surface area contributed by atoms with Crippen molar-refractivity contribution in [2.75, 3.05) is 0 Å². The second-order valence-electron chi connectivity index (χ2n) is 15.5. The number of aromatic amines is 2. The Bertz CT molecular complexity index is 2590. The second-order valence-corrected chi connectivity index (χ2v) is 21.8. The molecular weight excluding hydrogens is 952 g/mol. The van der Waals surface area contributed by atoms with Crippen molar-refractivity contribution in [3.8, 4) is 5.88 Å². The number of nitrogens with zero attached hydrogens (tertiary/aromatic N) is 4. The van der Waals surface area contributed by atoms with Gasteiger partial charge in [-0.05, 0) is 50.2 Å². The van der Waals surface area contributed by atoms with Crippen molar-refractivity contribution in [3.05, 3.63) is 83.4 Å². The molecule has 0 spiro atoms. The van der Waals surface area contributed by atoms with E-state index in [0.717, 1.165) is 23.5 Å². The first kappa shape index (κ1) is 56.5. The third-order valence-corrected chi connectivity index (χ3v) is 12.6. The average Bonchev–Trinajstić information content (AvgIpc) is 4.03. The van der Waals surface area contributed by atoms with Crippen molar-refractivity contribution in [2.24, 2.45) is 0 Å². The first-order valence-electron chi connectivity index (χ1n) is 20.5. The van der Waals surface area contributed by atoms with Gasteiger partial charge in [0.1, 0.15) is 6.61 Å². The number of aromatic nitrogens is 6. The Hall–Kier alpha value is -5.83. The standard InChI is InChI=1S/C14H16FN3O4.C13H11N3O.C10H15FO5.C4H9F3O3SSi.CH4/c1-3-9-10(15)12(21-7(2)19)14(22-9)18-6-17-11-8(18)4-5-16-13(11)20;1-2-4-10(5-3-1)8-17-13-12-11(6-7-14-13)15-9-16-12;1-4-7-8(11)9(14-5(2)12)10(16-7)15-6(3)13;1-12(2,3)10-11(8,9)4(5,6)7;/h4-6,9-10,12,14H,3H2,1-2H3,(H,16,20);1-7,9H,8H2,(H,15,16);7-10H,4H2,1-3H3;1-3H3;1H4/t9-,10+,12?,14?;;7-,8+,9?,10?;;/m1.1../s1. The Kier molecular flexibility index (Phi) is 20.3. The van der Waals surface area contributed by atoms with Gasteiger partial charge in [0.15, 0.2) is 41.8 Å². The van der Waals surface area contributed by atoms with Gasteiger partial charge < -0.3 is 42.3 Å². The topological polar surface area (TPSA) is 242 Å². The van der Waals surface area contributed by atoms with Crippen LogP contribution in [0.1, 0.15) is 66.7 Å². The van der Waals surface area contributed by atoms with Gasteiger partial charge in [0.05, 0.1) is 35.9 Å². The van der Waals surface area contributed by atoms with E-state index in [1.54, 1.807) is 32.4 Å². The van der Waals surface area contributed by atoms with E-state index in [-0.39, 0.29) is 18.5 Å². The molecule has 2 fully saturated rings.